The molecule has 0 unspecified atom stereocenters. The molecular formula is C17H16O4. The third-order valence-corrected chi connectivity index (χ3v) is 3.61. The molecule has 0 aliphatic rings. The fraction of sp³-hybridized carbons (Fsp3) is 0.176. The maximum atomic E-state index is 12.0. The first kappa shape index (κ1) is 14.8. The standard InChI is InChI=1S/C17H16O4/c18-15(19)11-12-17(16(20)21,13-7-3-1-4-8-13)14-9-5-2-6-10-14/h1-10H,11-12H2,(H,18,19)(H,20,21). The van der Waals surface area contributed by atoms with Crippen LogP contribution in [0.5, 0.6) is 0 Å². The zero-order valence-electron chi connectivity index (χ0n) is 11.4. The Hall–Kier alpha value is -2.62. The van der Waals surface area contributed by atoms with E-state index in [0.717, 1.165) is 0 Å². The molecule has 2 aromatic carbocycles. The van der Waals surface area contributed by atoms with Crippen LogP contribution in [0.25, 0.3) is 0 Å². The van der Waals surface area contributed by atoms with Crippen molar-refractivity contribution in [1.82, 2.24) is 0 Å². The van der Waals surface area contributed by atoms with Crippen LogP contribution in [0.4, 0.5) is 0 Å². The quantitative estimate of drug-likeness (QED) is 0.855. The molecule has 0 bridgehead atoms. The number of benzene rings is 2. The molecule has 2 N–H and O–H groups in total. The summed E-state index contributed by atoms with van der Waals surface area (Å²) < 4.78 is 0. The van der Waals surface area contributed by atoms with Crippen LogP contribution in [0.3, 0.4) is 0 Å². The Labute approximate surface area is 122 Å². The Morgan fingerprint density at radius 2 is 1.24 bits per heavy atom. The summed E-state index contributed by atoms with van der Waals surface area (Å²) in [7, 11) is 0. The molecule has 0 saturated carbocycles. The molecule has 0 amide bonds. The zero-order valence-corrected chi connectivity index (χ0v) is 11.4. The minimum atomic E-state index is -1.35. The van der Waals surface area contributed by atoms with Crippen LogP contribution in [0, 0.1) is 0 Å². The van der Waals surface area contributed by atoms with Crippen LogP contribution in [0.2, 0.25) is 0 Å². The van der Waals surface area contributed by atoms with Crippen LogP contribution in [0.15, 0.2) is 60.7 Å². The van der Waals surface area contributed by atoms with Gasteiger partial charge in [-0.25, -0.2) is 0 Å². The smallest absolute Gasteiger partial charge is 0.318 e. The van der Waals surface area contributed by atoms with Crippen molar-refractivity contribution in [3.8, 4) is 0 Å². The van der Waals surface area contributed by atoms with Crippen molar-refractivity contribution in [2.45, 2.75) is 18.3 Å². The first-order valence-corrected chi connectivity index (χ1v) is 6.63. The van der Waals surface area contributed by atoms with Crippen molar-refractivity contribution in [2.75, 3.05) is 0 Å². The highest BCUT2D eigenvalue weighted by molar-refractivity contribution is 5.86. The number of carboxylic acids is 2. The molecule has 2 rings (SSSR count). The van der Waals surface area contributed by atoms with E-state index in [9.17, 15) is 14.7 Å². The summed E-state index contributed by atoms with van der Waals surface area (Å²) in [6.45, 7) is 0. The van der Waals surface area contributed by atoms with E-state index in [1.165, 1.54) is 0 Å². The number of hydrogen-bond acceptors (Lipinski definition) is 2. The number of aliphatic carboxylic acids is 2. The Kier molecular flexibility index (Phi) is 4.38. The summed E-state index contributed by atoms with van der Waals surface area (Å²) in [6, 6.07) is 17.6. The normalized spacial score (nSPS) is 11.0. The van der Waals surface area contributed by atoms with Gasteiger partial charge in [-0.3, -0.25) is 9.59 Å². The molecule has 2 aromatic rings. The lowest BCUT2D eigenvalue weighted by Gasteiger charge is -2.30. The van der Waals surface area contributed by atoms with Gasteiger partial charge in [-0.1, -0.05) is 60.7 Å². The van der Waals surface area contributed by atoms with Crippen molar-refractivity contribution in [2.24, 2.45) is 0 Å². The molecule has 108 valence electrons. The maximum Gasteiger partial charge on any atom is 0.318 e. The van der Waals surface area contributed by atoms with Crippen LogP contribution in [-0.2, 0) is 15.0 Å². The van der Waals surface area contributed by atoms with Gasteiger partial charge < -0.3 is 10.2 Å². The van der Waals surface area contributed by atoms with E-state index in [0.29, 0.717) is 11.1 Å². The summed E-state index contributed by atoms with van der Waals surface area (Å²) in [5.74, 6) is -2.05. The van der Waals surface area contributed by atoms with Crippen molar-refractivity contribution >= 4 is 11.9 Å². The summed E-state index contributed by atoms with van der Waals surface area (Å²) in [6.07, 6.45) is -0.207. The molecule has 0 aromatic heterocycles. The molecule has 0 aliphatic carbocycles. The van der Waals surface area contributed by atoms with Gasteiger partial charge in [-0.15, -0.1) is 0 Å². The molecular weight excluding hydrogens is 268 g/mol. The van der Waals surface area contributed by atoms with Crippen molar-refractivity contribution in [3.05, 3.63) is 71.8 Å². The molecule has 0 atom stereocenters. The molecule has 0 spiro atoms. The van der Waals surface area contributed by atoms with Gasteiger partial charge >= 0.3 is 11.9 Å². The van der Waals surface area contributed by atoms with E-state index in [4.69, 9.17) is 5.11 Å². The molecule has 0 fully saturated rings. The lowest BCUT2D eigenvalue weighted by atomic mass is 9.71. The van der Waals surface area contributed by atoms with Gasteiger partial charge in [-0.2, -0.15) is 0 Å². The first-order valence-electron chi connectivity index (χ1n) is 6.63. The van der Waals surface area contributed by atoms with E-state index >= 15 is 0 Å². The maximum absolute atomic E-state index is 12.0. The van der Waals surface area contributed by atoms with Gasteiger partial charge in [-0.05, 0) is 17.5 Å². The van der Waals surface area contributed by atoms with Gasteiger partial charge in [0.15, 0.2) is 0 Å². The number of hydrogen-bond donors (Lipinski definition) is 2. The third-order valence-electron chi connectivity index (χ3n) is 3.61. The fourth-order valence-electron chi connectivity index (χ4n) is 2.55. The SMILES string of the molecule is O=C(O)CCC(C(=O)O)(c1ccccc1)c1ccccc1. The molecule has 0 heterocycles. The highest BCUT2D eigenvalue weighted by Crippen LogP contribution is 2.37. The minimum absolute atomic E-state index is 0.00565. The third kappa shape index (κ3) is 2.94. The van der Waals surface area contributed by atoms with Gasteiger partial charge in [0.2, 0.25) is 0 Å². The summed E-state index contributed by atoms with van der Waals surface area (Å²) in [4.78, 5) is 23.0. The van der Waals surface area contributed by atoms with Crippen molar-refractivity contribution < 1.29 is 19.8 Å². The van der Waals surface area contributed by atoms with E-state index < -0.39 is 17.4 Å². The lowest BCUT2D eigenvalue weighted by Crippen LogP contribution is -2.37. The van der Waals surface area contributed by atoms with E-state index in [2.05, 4.69) is 0 Å². The highest BCUT2D eigenvalue weighted by Gasteiger charge is 2.42. The van der Waals surface area contributed by atoms with Crippen LogP contribution in [0.1, 0.15) is 24.0 Å². The molecule has 4 heteroatoms. The van der Waals surface area contributed by atoms with E-state index in [-0.39, 0.29) is 12.8 Å². The summed E-state index contributed by atoms with van der Waals surface area (Å²) in [5.41, 5.74) is -0.170. The summed E-state index contributed by atoms with van der Waals surface area (Å²) in [5, 5.41) is 18.8. The van der Waals surface area contributed by atoms with Gasteiger partial charge in [0.25, 0.3) is 0 Å². The average Bonchev–Trinajstić information content (AvgIpc) is 2.49. The zero-order chi connectivity index (χ0) is 15.3. The molecule has 0 radical (unpaired) electrons. The molecule has 21 heavy (non-hydrogen) atoms. The number of rotatable bonds is 6. The first-order chi connectivity index (χ1) is 10.1. The Morgan fingerprint density at radius 3 is 1.57 bits per heavy atom. The van der Waals surface area contributed by atoms with Crippen molar-refractivity contribution in [1.29, 1.82) is 0 Å². The predicted molar refractivity (Wildman–Crippen MR) is 78.2 cm³/mol. The number of carboxylic acid groups (broad SMARTS) is 2. The Balaban J connectivity index is 2.60. The van der Waals surface area contributed by atoms with E-state index in [1.54, 1.807) is 60.7 Å². The second-order valence-corrected chi connectivity index (χ2v) is 4.84. The minimum Gasteiger partial charge on any atom is -0.481 e. The van der Waals surface area contributed by atoms with E-state index in [1.807, 2.05) is 0 Å². The Bertz CT molecular complexity index is 580. The second-order valence-electron chi connectivity index (χ2n) is 4.84. The summed E-state index contributed by atoms with van der Waals surface area (Å²) >= 11 is 0. The van der Waals surface area contributed by atoms with Crippen LogP contribution in [-0.4, -0.2) is 22.2 Å². The van der Waals surface area contributed by atoms with Gasteiger partial charge in [0, 0.05) is 6.42 Å². The van der Waals surface area contributed by atoms with Gasteiger partial charge in [0.05, 0.1) is 0 Å². The van der Waals surface area contributed by atoms with Crippen LogP contribution < -0.4 is 0 Å². The monoisotopic (exact) mass is 284 g/mol. The molecule has 4 nitrogen and oxygen atoms in total. The highest BCUT2D eigenvalue weighted by atomic mass is 16.4. The molecule has 0 aliphatic heterocycles. The van der Waals surface area contributed by atoms with Crippen molar-refractivity contribution in [3.63, 3.8) is 0 Å². The molecule has 0 saturated heterocycles. The second kappa shape index (κ2) is 6.22. The number of carbonyl (C=O) groups is 2. The topological polar surface area (TPSA) is 74.6 Å². The predicted octanol–water partition coefficient (Wildman–Crippen LogP) is 2.92. The fourth-order valence-corrected chi connectivity index (χ4v) is 2.55. The van der Waals surface area contributed by atoms with Crippen LogP contribution >= 0.6 is 0 Å². The van der Waals surface area contributed by atoms with Gasteiger partial charge in [0.1, 0.15) is 5.41 Å². The average molecular weight is 284 g/mol. The largest absolute Gasteiger partial charge is 0.481 e. The lowest BCUT2D eigenvalue weighted by molar-refractivity contribution is -0.143. The Morgan fingerprint density at radius 1 is 0.810 bits per heavy atom.